The summed E-state index contributed by atoms with van der Waals surface area (Å²) in [5.41, 5.74) is 0.832. The topological polar surface area (TPSA) is 66.2 Å². The highest BCUT2D eigenvalue weighted by Crippen LogP contribution is 2.41. The third-order valence-electron chi connectivity index (χ3n) is 5.18. The van der Waals surface area contributed by atoms with Gasteiger partial charge in [0.1, 0.15) is 11.2 Å². The van der Waals surface area contributed by atoms with Crippen molar-refractivity contribution < 1.29 is 14.3 Å². The number of rotatable bonds is 7. The number of hydrogen-bond acceptors (Lipinski definition) is 5. The number of nitrogens with zero attached hydrogens (tertiary/aromatic N) is 3. The van der Waals surface area contributed by atoms with Crippen LogP contribution in [0.3, 0.4) is 0 Å². The number of carbonyl (C=O) groups excluding carboxylic acids is 1. The SMILES string of the molecule is CCOC(OCC)c1cc2cnc(Cl)nc2n1C1(C(C)=O)CCCCC1. The number of Topliss-reactive ketones (excluding diaryl/α,β-unsaturated/α-hetero) is 1. The molecule has 142 valence electrons. The molecule has 1 saturated carbocycles. The van der Waals surface area contributed by atoms with Gasteiger partial charge < -0.3 is 14.0 Å². The molecule has 2 aromatic rings. The van der Waals surface area contributed by atoms with Crippen LogP contribution < -0.4 is 0 Å². The molecule has 6 nitrogen and oxygen atoms in total. The van der Waals surface area contributed by atoms with Crippen molar-refractivity contribution in [3.05, 3.63) is 23.2 Å². The normalized spacial score (nSPS) is 17.1. The Bertz CT molecular complexity index is 778. The molecular weight excluding hydrogens is 354 g/mol. The summed E-state index contributed by atoms with van der Waals surface area (Å²) >= 11 is 6.08. The predicted molar refractivity (Wildman–Crippen MR) is 100 cm³/mol. The molecular formula is C19H26ClN3O3. The summed E-state index contributed by atoms with van der Waals surface area (Å²) in [6, 6.07) is 1.96. The molecule has 2 aromatic heterocycles. The lowest BCUT2D eigenvalue weighted by molar-refractivity contribution is -0.147. The summed E-state index contributed by atoms with van der Waals surface area (Å²) in [4.78, 5) is 21.4. The first-order chi connectivity index (χ1) is 12.5. The average molecular weight is 380 g/mol. The second-order valence-corrected chi connectivity index (χ2v) is 7.05. The zero-order valence-corrected chi connectivity index (χ0v) is 16.4. The van der Waals surface area contributed by atoms with Crippen LogP contribution in [0.15, 0.2) is 12.3 Å². The minimum atomic E-state index is -0.639. The Morgan fingerprint density at radius 3 is 2.50 bits per heavy atom. The Labute approximate surface area is 158 Å². The molecule has 0 N–H and O–H groups in total. The van der Waals surface area contributed by atoms with Gasteiger partial charge >= 0.3 is 0 Å². The van der Waals surface area contributed by atoms with Crippen LogP contribution in [0.2, 0.25) is 5.28 Å². The van der Waals surface area contributed by atoms with E-state index < -0.39 is 11.8 Å². The van der Waals surface area contributed by atoms with Gasteiger partial charge in [-0.15, -0.1) is 0 Å². The van der Waals surface area contributed by atoms with Gasteiger partial charge in [-0.05, 0) is 51.3 Å². The van der Waals surface area contributed by atoms with E-state index in [9.17, 15) is 4.79 Å². The third-order valence-corrected chi connectivity index (χ3v) is 5.36. The summed E-state index contributed by atoms with van der Waals surface area (Å²) < 4.78 is 13.7. The van der Waals surface area contributed by atoms with E-state index in [0.717, 1.165) is 43.2 Å². The fourth-order valence-corrected chi connectivity index (χ4v) is 4.13. The van der Waals surface area contributed by atoms with Gasteiger partial charge in [0.15, 0.2) is 12.1 Å². The Morgan fingerprint density at radius 1 is 1.27 bits per heavy atom. The summed E-state index contributed by atoms with van der Waals surface area (Å²) in [6.45, 7) is 6.53. The van der Waals surface area contributed by atoms with Crippen molar-refractivity contribution >= 4 is 28.4 Å². The first-order valence-electron chi connectivity index (χ1n) is 9.32. The van der Waals surface area contributed by atoms with E-state index in [4.69, 9.17) is 21.1 Å². The van der Waals surface area contributed by atoms with Gasteiger partial charge in [0.2, 0.25) is 5.28 Å². The van der Waals surface area contributed by atoms with E-state index in [-0.39, 0.29) is 11.1 Å². The molecule has 1 aliphatic rings. The molecule has 1 fully saturated rings. The minimum absolute atomic E-state index is 0.137. The molecule has 0 amide bonds. The van der Waals surface area contributed by atoms with E-state index >= 15 is 0 Å². The minimum Gasteiger partial charge on any atom is -0.347 e. The lowest BCUT2D eigenvalue weighted by atomic mass is 9.78. The van der Waals surface area contributed by atoms with Crippen LogP contribution in [0.4, 0.5) is 0 Å². The predicted octanol–water partition coefficient (Wildman–Crippen LogP) is 4.40. The van der Waals surface area contributed by atoms with E-state index in [1.807, 2.05) is 24.5 Å². The van der Waals surface area contributed by atoms with Crippen LogP contribution in [0, 0.1) is 0 Å². The smallest absolute Gasteiger partial charge is 0.224 e. The molecule has 3 rings (SSSR count). The molecule has 7 heteroatoms. The van der Waals surface area contributed by atoms with Gasteiger partial charge in [0.25, 0.3) is 0 Å². The van der Waals surface area contributed by atoms with Crippen molar-refractivity contribution in [2.75, 3.05) is 13.2 Å². The van der Waals surface area contributed by atoms with Crippen molar-refractivity contribution in [1.82, 2.24) is 14.5 Å². The van der Waals surface area contributed by atoms with Crippen molar-refractivity contribution in [1.29, 1.82) is 0 Å². The summed E-state index contributed by atoms with van der Waals surface area (Å²) in [6.07, 6.45) is 5.85. The van der Waals surface area contributed by atoms with E-state index in [0.29, 0.717) is 18.9 Å². The highest BCUT2D eigenvalue weighted by Gasteiger charge is 2.42. The second-order valence-electron chi connectivity index (χ2n) is 6.71. The first-order valence-corrected chi connectivity index (χ1v) is 9.70. The maximum atomic E-state index is 12.9. The van der Waals surface area contributed by atoms with Crippen LogP contribution in [-0.4, -0.2) is 33.5 Å². The van der Waals surface area contributed by atoms with Crippen LogP contribution >= 0.6 is 11.6 Å². The summed E-state index contributed by atoms with van der Waals surface area (Å²) in [5, 5.41) is 1.00. The highest BCUT2D eigenvalue weighted by atomic mass is 35.5. The zero-order chi connectivity index (χ0) is 18.7. The Hall–Kier alpha value is -1.50. The van der Waals surface area contributed by atoms with Crippen LogP contribution in [0.1, 0.15) is 64.9 Å². The monoisotopic (exact) mass is 379 g/mol. The Balaban J connectivity index is 2.27. The van der Waals surface area contributed by atoms with Crippen LogP contribution in [0.5, 0.6) is 0 Å². The van der Waals surface area contributed by atoms with Gasteiger partial charge in [-0.1, -0.05) is 19.3 Å². The number of carbonyl (C=O) groups is 1. The van der Waals surface area contributed by atoms with Crippen molar-refractivity contribution in [2.24, 2.45) is 0 Å². The van der Waals surface area contributed by atoms with Gasteiger partial charge in [-0.25, -0.2) is 4.98 Å². The quantitative estimate of drug-likeness (QED) is 0.526. The van der Waals surface area contributed by atoms with Gasteiger partial charge in [-0.3, -0.25) is 4.79 Å². The Morgan fingerprint density at radius 2 is 1.92 bits per heavy atom. The maximum absolute atomic E-state index is 12.9. The van der Waals surface area contributed by atoms with Crippen molar-refractivity contribution in [3.63, 3.8) is 0 Å². The zero-order valence-electron chi connectivity index (χ0n) is 15.6. The van der Waals surface area contributed by atoms with Gasteiger partial charge in [-0.2, -0.15) is 4.98 Å². The fraction of sp³-hybridized carbons (Fsp3) is 0.632. The van der Waals surface area contributed by atoms with Crippen LogP contribution in [-0.2, 0) is 19.8 Å². The molecule has 2 heterocycles. The molecule has 0 spiro atoms. The van der Waals surface area contributed by atoms with Crippen LogP contribution in [0.25, 0.3) is 11.0 Å². The van der Waals surface area contributed by atoms with Gasteiger partial charge in [0.05, 0.1) is 5.69 Å². The lowest BCUT2D eigenvalue weighted by Gasteiger charge is -2.39. The number of ketones is 1. The lowest BCUT2D eigenvalue weighted by Crippen LogP contribution is -2.44. The second kappa shape index (κ2) is 8.03. The number of hydrogen-bond donors (Lipinski definition) is 0. The third kappa shape index (κ3) is 3.38. The van der Waals surface area contributed by atoms with E-state index in [1.54, 1.807) is 13.1 Å². The van der Waals surface area contributed by atoms with E-state index in [2.05, 4.69) is 9.97 Å². The largest absolute Gasteiger partial charge is 0.347 e. The average Bonchev–Trinajstić information content (AvgIpc) is 3.01. The standard InChI is InChI=1S/C19H26ClN3O3/c1-4-25-17(26-5-2)15-11-14-12-21-18(20)22-16(14)23(15)19(13(3)24)9-7-6-8-10-19/h11-12,17H,4-10H2,1-3H3. The molecule has 0 atom stereocenters. The summed E-state index contributed by atoms with van der Waals surface area (Å²) in [7, 11) is 0. The fourth-order valence-electron chi connectivity index (χ4n) is 4.00. The van der Waals surface area contributed by atoms with Crippen molar-refractivity contribution in [3.8, 4) is 0 Å². The molecule has 0 unspecified atom stereocenters. The molecule has 0 bridgehead atoms. The first kappa shape index (κ1) is 19.3. The number of ether oxygens (including phenoxy) is 2. The molecule has 1 aliphatic carbocycles. The molecule has 0 radical (unpaired) electrons. The van der Waals surface area contributed by atoms with E-state index in [1.165, 1.54) is 0 Å². The number of aromatic nitrogens is 3. The number of halogens is 1. The molecule has 0 aromatic carbocycles. The van der Waals surface area contributed by atoms with Crippen molar-refractivity contribution in [2.45, 2.75) is 64.7 Å². The molecule has 0 saturated heterocycles. The summed E-state index contributed by atoms with van der Waals surface area (Å²) in [5.74, 6) is 0.137. The molecule has 0 aliphatic heterocycles. The number of fused-ring (bicyclic) bond motifs is 1. The maximum Gasteiger partial charge on any atom is 0.224 e. The molecule has 26 heavy (non-hydrogen) atoms. The van der Waals surface area contributed by atoms with Gasteiger partial charge in [0, 0.05) is 24.8 Å². The highest BCUT2D eigenvalue weighted by molar-refractivity contribution is 6.28. The Kier molecular flexibility index (Phi) is 5.95.